The average Bonchev–Trinajstić information content (AvgIpc) is 2.67. The molecule has 0 saturated carbocycles. The maximum absolute atomic E-state index is 10.8. The number of nitrogens with zero attached hydrogens (tertiary/aromatic N) is 1. The molecule has 3 rings (SSSR count). The molecule has 0 bridgehead atoms. The van der Waals surface area contributed by atoms with Crippen molar-refractivity contribution in [2.75, 3.05) is 0 Å². The van der Waals surface area contributed by atoms with Crippen LogP contribution in [-0.2, 0) is 6.61 Å². The Morgan fingerprint density at radius 3 is 2.38 bits per heavy atom. The third-order valence-corrected chi connectivity index (χ3v) is 3.71. The zero-order chi connectivity index (χ0) is 16.8. The molecule has 0 fully saturated rings. The van der Waals surface area contributed by atoms with Crippen LogP contribution in [0, 0.1) is 11.3 Å². The van der Waals surface area contributed by atoms with Crippen LogP contribution in [0.1, 0.15) is 21.5 Å². The number of benzene rings is 3. The molecule has 0 aliphatic heterocycles. The molecule has 0 aromatic heterocycles. The van der Waals surface area contributed by atoms with Crippen molar-refractivity contribution in [3.8, 4) is 22.9 Å². The Balaban J connectivity index is 1.93. The molecule has 24 heavy (non-hydrogen) atoms. The predicted molar refractivity (Wildman–Crippen MR) is 92.8 cm³/mol. The summed E-state index contributed by atoms with van der Waals surface area (Å²) in [6, 6.07) is 24.7. The van der Waals surface area contributed by atoms with Crippen LogP contribution < -0.4 is 4.74 Å². The minimum atomic E-state index is 0.426. The van der Waals surface area contributed by atoms with Crippen molar-refractivity contribution in [1.29, 1.82) is 5.26 Å². The number of hydrogen-bond acceptors (Lipinski definition) is 3. The van der Waals surface area contributed by atoms with Crippen LogP contribution in [0.25, 0.3) is 11.1 Å². The second-order valence-corrected chi connectivity index (χ2v) is 5.34. The van der Waals surface area contributed by atoms with E-state index in [2.05, 4.69) is 6.07 Å². The van der Waals surface area contributed by atoms with E-state index in [0.717, 1.165) is 23.0 Å². The number of carbonyl (C=O) groups excluding carboxylic acids is 1. The van der Waals surface area contributed by atoms with Crippen molar-refractivity contribution < 1.29 is 9.53 Å². The van der Waals surface area contributed by atoms with Crippen molar-refractivity contribution >= 4 is 6.29 Å². The van der Waals surface area contributed by atoms with Gasteiger partial charge in [0.15, 0.2) is 0 Å². The minimum Gasteiger partial charge on any atom is -0.488 e. The van der Waals surface area contributed by atoms with Crippen molar-refractivity contribution in [2.24, 2.45) is 0 Å². The lowest BCUT2D eigenvalue weighted by molar-refractivity contribution is 0.112. The van der Waals surface area contributed by atoms with Crippen LogP contribution in [0.3, 0.4) is 0 Å². The highest BCUT2D eigenvalue weighted by molar-refractivity contribution is 5.78. The fourth-order valence-electron chi connectivity index (χ4n) is 2.43. The Morgan fingerprint density at radius 2 is 1.71 bits per heavy atom. The van der Waals surface area contributed by atoms with Crippen LogP contribution in [0.15, 0.2) is 72.8 Å². The molecule has 3 aromatic rings. The summed E-state index contributed by atoms with van der Waals surface area (Å²) in [5, 5.41) is 9.13. The molecule has 3 aromatic carbocycles. The summed E-state index contributed by atoms with van der Waals surface area (Å²) in [5.74, 6) is 0.650. The molecule has 0 aliphatic carbocycles. The van der Waals surface area contributed by atoms with Gasteiger partial charge in [0.05, 0.1) is 11.6 Å². The quantitative estimate of drug-likeness (QED) is 0.646. The monoisotopic (exact) mass is 313 g/mol. The van der Waals surface area contributed by atoms with Crippen LogP contribution >= 0.6 is 0 Å². The van der Waals surface area contributed by atoms with Gasteiger partial charge in [0, 0.05) is 11.1 Å². The summed E-state index contributed by atoms with van der Waals surface area (Å²) in [5.41, 5.74) is 4.06. The van der Waals surface area contributed by atoms with Crippen LogP contribution in [0.5, 0.6) is 5.75 Å². The zero-order valence-electron chi connectivity index (χ0n) is 13.0. The predicted octanol–water partition coefficient (Wildman–Crippen LogP) is 4.62. The lowest BCUT2D eigenvalue weighted by Gasteiger charge is -2.12. The second kappa shape index (κ2) is 7.26. The molecule has 0 N–H and O–H groups in total. The average molecular weight is 313 g/mol. The van der Waals surface area contributed by atoms with E-state index in [1.807, 2.05) is 48.5 Å². The van der Waals surface area contributed by atoms with Gasteiger partial charge in [-0.2, -0.15) is 5.26 Å². The molecule has 3 heteroatoms. The van der Waals surface area contributed by atoms with E-state index in [-0.39, 0.29) is 0 Å². The number of hydrogen-bond donors (Lipinski definition) is 0. The Kier molecular flexibility index (Phi) is 4.69. The van der Waals surface area contributed by atoms with Gasteiger partial charge in [-0.05, 0) is 29.3 Å². The summed E-state index contributed by atoms with van der Waals surface area (Å²) in [6.07, 6.45) is 0.815. The molecule has 0 atom stereocenters. The van der Waals surface area contributed by atoms with Crippen LogP contribution in [0.4, 0.5) is 0 Å². The minimum absolute atomic E-state index is 0.426. The van der Waals surface area contributed by atoms with E-state index in [1.165, 1.54) is 0 Å². The van der Waals surface area contributed by atoms with Crippen LogP contribution in [0.2, 0.25) is 0 Å². The Morgan fingerprint density at radius 1 is 0.958 bits per heavy atom. The standard InChI is InChI=1S/C21H15NO2/c22-13-18-8-11-20(19-9-6-16(14-23)7-10-19)21(12-18)24-15-17-4-2-1-3-5-17/h1-12,14H,15H2. The van der Waals surface area contributed by atoms with Gasteiger partial charge in [-0.3, -0.25) is 4.79 Å². The molecule has 0 radical (unpaired) electrons. The number of aldehydes is 1. The lowest BCUT2D eigenvalue weighted by atomic mass is 10.0. The Hall–Kier alpha value is -3.38. The van der Waals surface area contributed by atoms with E-state index >= 15 is 0 Å². The zero-order valence-corrected chi connectivity index (χ0v) is 13.0. The van der Waals surface area contributed by atoms with E-state index in [4.69, 9.17) is 10.00 Å². The van der Waals surface area contributed by atoms with Crippen LogP contribution in [-0.4, -0.2) is 6.29 Å². The Bertz CT molecular complexity index is 878. The smallest absolute Gasteiger partial charge is 0.150 e. The first kappa shape index (κ1) is 15.5. The highest BCUT2D eigenvalue weighted by Crippen LogP contribution is 2.31. The largest absolute Gasteiger partial charge is 0.488 e. The summed E-state index contributed by atoms with van der Waals surface area (Å²) < 4.78 is 5.96. The summed E-state index contributed by atoms with van der Waals surface area (Å²) in [7, 11) is 0. The molecule has 116 valence electrons. The van der Waals surface area contributed by atoms with Gasteiger partial charge in [-0.25, -0.2) is 0 Å². The van der Waals surface area contributed by atoms with E-state index in [9.17, 15) is 4.79 Å². The molecule has 0 amide bonds. The fourth-order valence-corrected chi connectivity index (χ4v) is 2.43. The third kappa shape index (κ3) is 3.50. The number of rotatable bonds is 5. The second-order valence-electron chi connectivity index (χ2n) is 5.34. The van der Waals surface area contributed by atoms with Gasteiger partial charge in [-0.1, -0.05) is 54.6 Å². The van der Waals surface area contributed by atoms with E-state index < -0.39 is 0 Å². The van der Waals surface area contributed by atoms with Crippen molar-refractivity contribution in [1.82, 2.24) is 0 Å². The topological polar surface area (TPSA) is 50.1 Å². The molecule has 0 unspecified atom stereocenters. The van der Waals surface area contributed by atoms with E-state index in [0.29, 0.717) is 23.5 Å². The molecule has 0 aliphatic rings. The first-order valence-electron chi connectivity index (χ1n) is 7.56. The summed E-state index contributed by atoms with van der Waals surface area (Å²) >= 11 is 0. The fraction of sp³-hybridized carbons (Fsp3) is 0.0476. The number of nitriles is 1. The van der Waals surface area contributed by atoms with E-state index in [1.54, 1.807) is 24.3 Å². The van der Waals surface area contributed by atoms with Crippen molar-refractivity contribution in [2.45, 2.75) is 6.61 Å². The van der Waals surface area contributed by atoms with Crippen molar-refractivity contribution in [3.63, 3.8) is 0 Å². The van der Waals surface area contributed by atoms with Gasteiger partial charge in [0.1, 0.15) is 18.6 Å². The van der Waals surface area contributed by atoms with Gasteiger partial charge >= 0.3 is 0 Å². The number of carbonyl (C=O) groups is 1. The maximum Gasteiger partial charge on any atom is 0.150 e. The van der Waals surface area contributed by atoms with Gasteiger partial charge < -0.3 is 4.74 Å². The SMILES string of the molecule is N#Cc1ccc(-c2ccc(C=O)cc2)c(OCc2ccccc2)c1. The van der Waals surface area contributed by atoms with Gasteiger partial charge in [-0.15, -0.1) is 0 Å². The van der Waals surface area contributed by atoms with Gasteiger partial charge in [0.2, 0.25) is 0 Å². The normalized spacial score (nSPS) is 9.96. The first-order valence-corrected chi connectivity index (χ1v) is 7.56. The van der Waals surface area contributed by atoms with Gasteiger partial charge in [0.25, 0.3) is 0 Å². The molecule has 0 heterocycles. The lowest BCUT2D eigenvalue weighted by Crippen LogP contribution is -1.97. The Labute approximate surface area is 140 Å². The highest BCUT2D eigenvalue weighted by atomic mass is 16.5. The molecular formula is C21H15NO2. The third-order valence-electron chi connectivity index (χ3n) is 3.71. The summed E-state index contributed by atoms with van der Waals surface area (Å²) in [6.45, 7) is 0.426. The first-order chi connectivity index (χ1) is 11.8. The highest BCUT2D eigenvalue weighted by Gasteiger charge is 2.08. The molecule has 3 nitrogen and oxygen atoms in total. The molecular weight excluding hydrogens is 298 g/mol. The number of ether oxygens (including phenoxy) is 1. The van der Waals surface area contributed by atoms with Crippen molar-refractivity contribution in [3.05, 3.63) is 89.5 Å². The molecule has 0 saturated heterocycles. The summed E-state index contributed by atoms with van der Waals surface area (Å²) in [4.78, 5) is 10.8. The molecule has 0 spiro atoms. The maximum atomic E-state index is 10.8.